The normalized spacial score (nSPS) is 10.0. The van der Waals surface area contributed by atoms with Crippen LogP contribution in [0.15, 0.2) is 0 Å². The summed E-state index contributed by atoms with van der Waals surface area (Å²) in [6.45, 7) is 6.48. The van der Waals surface area contributed by atoms with E-state index < -0.39 is 0 Å². The molecule has 6 heavy (non-hydrogen) atoms. The number of rotatable bonds is 0. The molecule has 0 aromatic carbocycles. The summed E-state index contributed by atoms with van der Waals surface area (Å²) in [6, 6.07) is 0. The van der Waals surface area contributed by atoms with Crippen LogP contribution in [0.3, 0.4) is 0 Å². The predicted molar refractivity (Wildman–Crippen MR) is 34.1 cm³/mol. The van der Waals surface area contributed by atoms with Crippen molar-refractivity contribution < 1.29 is 0 Å². The van der Waals surface area contributed by atoms with Crippen LogP contribution < -0.4 is 0 Å². The van der Waals surface area contributed by atoms with E-state index in [1.54, 1.807) is 0 Å². The molecular formula is C4H11ClSe. The molecule has 0 nitrogen and oxygen atoms in total. The van der Waals surface area contributed by atoms with E-state index in [4.69, 9.17) is 0 Å². The average Bonchev–Trinajstić information content (AvgIpc) is 0.722. The van der Waals surface area contributed by atoms with E-state index in [9.17, 15) is 0 Å². The molecule has 0 aromatic heterocycles. The van der Waals surface area contributed by atoms with E-state index in [2.05, 4.69) is 36.8 Å². The van der Waals surface area contributed by atoms with Crippen molar-refractivity contribution in [2.75, 3.05) is 0 Å². The first kappa shape index (κ1) is 9.94. The van der Waals surface area contributed by atoms with Crippen LogP contribution in [0.5, 0.6) is 0 Å². The van der Waals surface area contributed by atoms with Crippen LogP contribution in [0.25, 0.3) is 0 Å². The van der Waals surface area contributed by atoms with E-state index in [0.29, 0.717) is 4.31 Å². The second kappa shape index (κ2) is 2.90. The molecule has 0 aliphatic rings. The molecule has 0 atom stereocenters. The Hall–Kier alpha value is 0.809. The molecular weight excluding hydrogens is 162 g/mol. The first-order valence-electron chi connectivity index (χ1n) is 1.72. The van der Waals surface area contributed by atoms with Gasteiger partial charge in [-0.1, -0.05) is 0 Å². The molecule has 2 heteroatoms. The van der Waals surface area contributed by atoms with Crippen molar-refractivity contribution in [3.63, 3.8) is 0 Å². The molecule has 0 bridgehead atoms. The second-order valence-electron chi connectivity index (χ2n) is 2.17. The number of hydrogen-bond donors (Lipinski definition) is 0. The summed E-state index contributed by atoms with van der Waals surface area (Å²) in [5.41, 5.74) is 0. The SMILES string of the molecule is CC(C)(C)[SeH].Cl. The maximum Gasteiger partial charge on any atom is -0.147 e. The molecule has 0 aromatic rings. The van der Waals surface area contributed by atoms with Crippen LogP contribution in [0.4, 0.5) is 0 Å². The molecule has 0 fully saturated rings. The van der Waals surface area contributed by atoms with Gasteiger partial charge in [0.2, 0.25) is 0 Å². The topological polar surface area (TPSA) is 0 Å². The Morgan fingerprint density at radius 3 is 1.17 bits per heavy atom. The molecule has 0 N–H and O–H groups in total. The third kappa shape index (κ3) is 107. The van der Waals surface area contributed by atoms with Gasteiger partial charge in [-0.05, 0) is 0 Å². The molecule has 0 aliphatic carbocycles. The number of halogens is 1. The third-order valence-electron chi connectivity index (χ3n) is 0. The van der Waals surface area contributed by atoms with Gasteiger partial charge in [-0.3, -0.25) is 0 Å². The zero-order valence-electron chi connectivity index (χ0n) is 4.36. The van der Waals surface area contributed by atoms with Gasteiger partial charge in [-0.15, -0.1) is 12.4 Å². The molecule has 0 unspecified atom stereocenters. The Bertz CT molecular complexity index is 23.0. The zero-order valence-corrected chi connectivity index (χ0v) is 7.05. The molecule has 40 valence electrons. The quantitative estimate of drug-likeness (QED) is 0.488. The Morgan fingerprint density at radius 1 is 1.17 bits per heavy atom. The van der Waals surface area contributed by atoms with Crippen LogP contribution >= 0.6 is 12.4 Å². The van der Waals surface area contributed by atoms with Crippen LogP contribution in [0, 0.1) is 0 Å². The summed E-state index contributed by atoms with van der Waals surface area (Å²) in [7, 11) is 0. The van der Waals surface area contributed by atoms with Gasteiger partial charge in [0.15, 0.2) is 0 Å². The van der Waals surface area contributed by atoms with Crippen molar-refractivity contribution in [3.8, 4) is 0 Å². The molecule has 0 aliphatic heterocycles. The average molecular weight is 174 g/mol. The van der Waals surface area contributed by atoms with Gasteiger partial charge in [0.1, 0.15) is 0 Å². The Labute approximate surface area is 53.9 Å². The summed E-state index contributed by atoms with van der Waals surface area (Å²) in [4.78, 5) is 0. The van der Waals surface area contributed by atoms with Gasteiger partial charge >= 0.3 is 41.1 Å². The fourth-order valence-corrected chi connectivity index (χ4v) is 0. The monoisotopic (exact) mass is 174 g/mol. The van der Waals surface area contributed by atoms with E-state index >= 15 is 0 Å². The van der Waals surface area contributed by atoms with Crippen molar-refractivity contribution in [1.29, 1.82) is 0 Å². The van der Waals surface area contributed by atoms with Crippen molar-refractivity contribution in [3.05, 3.63) is 0 Å². The van der Waals surface area contributed by atoms with Gasteiger partial charge in [0.05, 0.1) is 0 Å². The van der Waals surface area contributed by atoms with E-state index in [0.717, 1.165) is 0 Å². The summed E-state index contributed by atoms with van der Waals surface area (Å²) in [6.07, 6.45) is 0. The largest absolute Gasteiger partial charge is 0.147 e. The molecule has 0 rings (SSSR count). The van der Waals surface area contributed by atoms with Crippen LogP contribution in [-0.2, 0) is 0 Å². The molecule has 0 amide bonds. The molecule has 0 saturated heterocycles. The Balaban J connectivity index is 0. The first-order chi connectivity index (χ1) is 2.00. The third-order valence-corrected chi connectivity index (χ3v) is 0. The Morgan fingerprint density at radius 2 is 1.17 bits per heavy atom. The van der Waals surface area contributed by atoms with Gasteiger partial charge in [0, 0.05) is 0 Å². The van der Waals surface area contributed by atoms with E-state index in [-0.39, 0.29) is 12.4 Å². The van der Waals surface area contributed by atoms with Gasteiger partial charge in [-0.25, -0.2) is 0 Å². The van der Waals surface area contributed by atoms with Crippen molar-refractivity contribution >= 4 is 28.4 Å². The van der Waals surface area contributed by atoms with Crippen molar-refractivity contribution in [2.24, 2.45) is 0 Å². The zero-order chi connectivity index (χ0) is 4.50. The summed E-state index contributed by atoms with van der Waals surface area (Å²) in [5, 5.41) is 0. The second-order valence-corrected chi connectivity index (χ2v) is 4.99. The minimum Gasteiger partial charge on any atom is -0.147 e. The fourth-order valence-electron chi connectivity index (χ4n) is 0. The van der Waals surface area contributed by atoms with Gasteiger partial charge < -0.3 is 0 Å². The minimum atomic E-state index is 0. The molecule has 0 heterocycles. The van der Waals surface area contributed by atoms with Crippen LogP contribution in [0.1, 0.15) is 20.8 Å². The minimum absolute atomic E-state index is 0. The van der Waals surface area contributed by atoms with E-state index in [1.807, 2.05) is 0 Å². The molecule has 0 saturated carbocycles. The fraction of sp³-hybridized carbons (Fsp3) is 1.00. The summed E-state index contributed by atoms with van der Waals surface area (Å²) in [5.74, 6) is 0. The van der Waals surface area contributed by atoms with Gasteiger partial charge in [-0.2, -0.15) is 0 Å². The molecule has 0 spiro atoms. The first-order valence-corrected chi connectivity index (χ1v) is 2.66. The van der Waals surface area contributed by atoms with Crippen LogP contribution in [-0.4, -0.2) is 16.0 Å². The maximum atomic E-state index is 2.58. The van der Waals surface area contributed by atoms with Crippen molar-refractivity contribution in [2.45, 2.75) is 25.1 Å². The predicted octanol–water partition coefficient (Wildman–Crippen LogP) is 1.53. The van der Waals surface area contributed by atoms with Gasteiger partial charge in [0.25, 0.3) is 0 Å². The van der Waals surface area contributed by atoms with Crippen molar-refractivity contribution in [1.82, 2.24) is 0 Å². The molecule has 0 radical (unpaired) electrons. The smallest absolute Gasteiger partial charge is 0.147 e. The number of hydrogen-bond acceptors (Lipinski definition) is 0. The standard InChI is InChI=1S/C4H10Se.ClH/c1-4(2,3)5;/h5H,1-3H3;1H. The maximum absolute atomic E-state index is 2.58. The Kier molecular flexibility index (Phi) is 4.80. The summed E-state index contributed by atoms with van der Waals surface area (Å²) >= 11 is 2.58. The van der Waals surface area contributed by atoms with Crippen LogP contribution in [0.2, 0.25) is 4.31 Å². The van der Waals surface area contributed by atoms with E-state index in [1.165, 1.54) is 0 Å². The summed E-state index contributed by atoms with van der Waals surface area (Å²) < 4.78 is 0.438.